The lowest BCUT2D eigenvalue weighted by molar-refractivity contribution is -0.870. The SMILES string of the molecule is CC/C=C\C/C=C\C/C=C\C/C=C\C/C=C\CCCCCCCCCCCCCCCCCCCCCCCCCC(=O)OC(COC(=O)CCCCCCCCCC/C=C\C/C=C\C/C=C\C/C=C\CC)COC(OCC[N+](C)(C)C)C(=O)[O-]. The van der Waals surface area contributed by atoms with Crippen LogP contribution in [0.4, 0.5) is 0 Å². The van der Waals surface area contributed by atoms with Gasteiger partial charge in [0.05, 0.1) is 40.3 Å². The van der Waals surface area contributed by atoms with Gasteiger partial charge >= 0.3 is 11.9 Å². The minimum atomic E-state index is -1.63. The fraction of sp³-hybridized carbons (Fsp3) is 0.724. The fourth-order valence-electron chi connectivity index (χ4n) is 9.73. The number of esters is 2. The minimum absolute atomic E-state index is 0.144. The molecule has 0 aromatic heterocycles. The number of quaternary nitrogens is 1. The summed E-state index contributed by atoms with van der Waals surface area (Å²) in [5.74, 6) is -2.29. The van der Waals surface area contributed by atoms with Crippen molar-refractivity contribution >= 4 is 17.9 Å². The third kappa shape index (κ3) is 67.3. The maximum Gasteiger partial charge on any atom is 0.306 e. The van der Waals surface area contributed by atoms with Crippen molar-refractivity contribution in [3.63, 3.8) is 0 Å². The van der Waals surface area contributed by atoms with E-state index in [1.165, 1.54) is 161 Å². The van der Waals surface area contributed by atoms with Crippen molar-refractivity contribution in [1.82, 2.24) is 0 Å². The smallest absolute Gasteiger partial charge is 0.306 e. The molecule has 0 amide bonds. The van der Waals surface area contributed by atoms with E-state index in [0.29, 0.717) is 17.4 Å². The van der Waals surface area contributed by atoms with Gasteiger partial charge in [0.1, 0.15) is 13.2 Å². The number of unbranched alkanes of at least 4 members (excludes halogenated alkanes) is 31. The van der Waals surface area contributed by atoms with Gasteiger partial charge in [-0.25, -0.2) is 0 Å². The van der Waals surface area contributed by atoms with Crippen LogP contribution in [0.2, 0.25) is 0 Å². The fourth-order valence-corrected chi connectivity index (χ4v) is 9.73. The first-order valence-corrected chi connectivity index (χ1v) is 35.0. The van der Waals surface area contributed by atoms with Crippen LogP contribution in [0.15, 0.2) is 109 Å². The minimum Gasteiger partial charge on any atom is -0.545 e. The van der Waals surface area contributed by atoms with E-state index in [0.717, 1.165) is 103 Å². The van der Waals surface area contributed by atoms with Crippen LogP contribution < -0.4 is 5.11 Å². The predicted octanol–water partition coefficient (Wildman–Crippen LogP) is 20.5. The van der Waals surface area contributed by atoms with Crippen LogP contribution in [0.25, 0.3) is 0 Å². The number of likely N-dealkylation sites (N-methyl/N-ethyl adjacent to an activating group) is 1. The number of nitrogens with zero attached hydrogens (tertiary/aromatic N) is 1. The van der Waals surface area contributed by atoms with E-state index in [-0.39, 0.29) is 38.6 Å². The van der Waals surface area contributed by atoms with Crippen molar-refractivity contribution in [2.45, 2.75) is 309 Å². The van der Waals surface area contributed by atoms with Crippen LogP contribution >= 0.6 is 0 Å². The highest BCUT2D eigenvalue weighted by atomic mass is 16.7. The normalized spacial score (nSPS) is 13.4. The second-order valence-electron chi connectivity index (χ2n) is 24.4. The summed E-state index contributed by atoms with van der Waals surface area (Å²) < 4.78 is 22.8. The van der Waals surface area contributed by atoms with Gasteiger partial charge in [-0.2, -0.15) is 0 Å². The van der Waals surface area contributed by atoms with Crippen LogP contribution in [0, 0.1) is 0 Å². The lowest BCUT2D eigenvalue weighted by Gasteiger charge is -2.26. The molecule has 0 aliphatic carbocycles. The molecule has 0 radical (unpaired) electrons. The quantitative estimate of drug-likeness (QED) is 0.0195. The second-order valence-corrected chi connectivity index (χ2v) is 24.4. The van der Waals surface area contributed by atoms with E-state index < -0.39 is 24.3 Å². The molecule has 0 aliphatic rings. The van der Waals surface area contributed by atoms with Crippen LogP contribution in [0.3, 0.4) is 0 Å². The van der Waals surface area contributed by atoms with E-state index in [1.54, 1.807) is 0 Å². The Morgan fingerprint density at radius 2 is 0.635 bits per heavy atom. The van der Waals surface area contributed by atoms with Crippen LogP contribution in [0.5, 0.6) is 0 Å². The summed E-state index contributed by atoms with van der Waals surface area (Å²) in [5.41, 5.74) is 0. The summed E-state index contributed by atoms with van der Waals surface area (Å²) in [6, 6.07) is 0. The van der Waals surface area contributed by atoms with Gasteiger partial charge in [-0.1, -0.05) is 297 Å². The Bertz CT molecular complexity index is 1760. The van der Waals surface area contributed by atoms with Gasteiger partial charge in [-0.15, -0.1) is 0 Å². The van der Waals surface area contributed by atoms with E-state index in [2.05, 4.69) is 123 Å². The molecule has 2 atom stereocenters. The molecule has 0 aliphatic heterocycles. The van der Waals surface area contributed by atoms with Crippen molar-refractivity contribution in [3.05, 3.63) is 109 Å². The number of ether oxygens (including phenoxy) is 4. The van der Waals surface area contributed by atoms with E-state index in [1.807, 2.05) is 21.1 Å². The molecule has 0 spiro atoms. The van der Waals surface area contributed by atoms with Crippen molar-refractivity contribution in [2.75, 3.05) is 47.5 Å². The summed E-state index contributed by atoms with van der Waals surface area (Å²) in [7, 11) is 5.93. The number of hydrogen-bond donors (Lipinski definition) is 0. The number of aliphatic carboxylic acids is 1. The number of carboxylic acid groups (broad SMARTS) is 1. The average Bonchev–Trinajstić information content (AvgIpc) is 3.49. The van der Waals surface area contributed by atoms with Crippen LogP contribution in [-0.4, -0.2) is 82.3 Å². The second kappa shape index (κ2) is 65.9. The van der Waals surface area contributed by atoms with E-state index in [4.69, 9.17) is 18.9 Å². The van der Waals surface area contributed by atoms with Crippen molar-refractivity contribution < 1.29 is 42.9 Å². The zero-order valence-electron chi connectivity index (χ0n) is 55.7. The zero-order chi connectivity index (χ0) is 61.9. The summed E-state index contributed by atoms with van der Waals surface area (Å²) >= 11 is 0. The molecule has 0 saturated carbocycles. The molecular weight excluding hydrogens is 1050 g/mol. The van der Waals surface area contributed by atoms with Gasteiger partial charge in [0.2, 0.25) is 0 Å². The van der Waals surface area contributed by atoms with Crippen molar-refractivity contribution in [1.29, 1.82) is 0 Å². The van der Waals surface area contributed by atoms with Gasteiger partial charge < -0.3 is 33.3 Å². The predicted molar refractivity (Wildman–Crippen MR) is 361 cm³/mol. The molecule has 0 aromatic rings. The van der Waals surface area contributed by atoms with Crippen LogP contribution in [0.1, 0.15) is 296 Å². The molecule has 488 valence electrons. The lowest BCUT2D eigenvalue weighted by atomic mass is 10.0. The molecule has 9 heteroatoms. The molecule has 0 aromatic carbocycles. The third-order valence-corrected chi connectivity index (χ3v) is 15.0. The summed E-state index contributed by atoms with van der Waals surface area (Å²) in [6.07, 6.45) is 88.9. The Kier molecular flexibility index (Phi) is 62.8. The monoisotopic (exact) mass is 1190 g/mol. The number of rotatable bonds is 64. The first-order chi connectivity index (χ1) is 41.6. The zero-order valence-corrected chi connectivity index (χ0v) is 55.7. The number of carboxylic acids is 1. The lowest BCUT2D eigenvalue weighted by Crippen LogP contribution is -2.44. The summed E-state index contributed by atoms with van der Waals surface area (Å²) in [6.45, 7) is 4.53. The Hall–Kier alpha value is -4.05. The molecule has 0 fully saturated rings. The maximum atomic E-state index is 12.9. The molecule has 0 rings (SSSR count). The van der Waals surface area contributed by atoms with Gasteiger partial charge in [0, 0.05) is 12.8 Å². The molecular formula is C76H131NO8. The van der Waals surface area contributed by atoms with Crippen LogP contribution in [-0.2, 0) is 33.3 Å². The Morgan fingerprint density at radius 1 is 0.353 bits per heavy atom. The molecule has 0 heterocycles. The third-order valence-electron chi connectivity index (χ3n) is 15.0. The first kappa shape index (κ1) is 81.0. The standard InChI is InChI=1S/C76H131NO8/c1-6-8-10-12-14-16-18-20-22-24-26-28-29-30-31-32-33-34-35-36-37-38-39-40-41-42-43-44-45-47-49-51-53-55-57-59-61-63-65-67-74(79)85-72(71-84-76(75(80)81)82-69-68-77(3,4)5)70-83-73(78)66-64-62-60-58-56-54-52-50-48-46-27-25-23-21-19-17-15-13-11-9-7-2/h8-11,14-17,20-23,26-28,30-31,46,72,76H,6-7,12-13,18-19,24-25,29,32-45,47-71H2,1-5H3/b10-8-,11-9-,16-14-,17-15-,22-20-,23-21-,28-26-,31-30-,46-27-. The van der Waals surface area contributed by atoms with Gasteiger partial charge in [-0.05, 0) is 96.3 Å². The van der Waals surface area contributed by atoms with E-state index >= 15 is 0 Å². The number of carbonyl (C=O) groups is 3. The molecule has 2 unspecified atom stereocenters. The highest BCUT2D eigenvalue weighted by Crippen LogP contribution is 2.18. The molecule has 85 heavy (non-hydrogen) atoms. The highest BCUT2D eigenvalue weighted by Gasteiger charge is 2.22. The molecule has 9 nitrogen and oxygen atoms in total. The Labute approximate surface area is 524 Å². The van der Waals surface area contributed by atoms with Gasteiger partial charge in [0.15, 0.2) is 12.4 Å². The number of hydrogen-bond acceptors (Lipinski definition) is 8. The maximum absolute atomic E-state index is 12.9. The molecule has 0 N–H and O–H groups in total. The van der Waals surface area contributed by atoms with Gasteiger partial charge in [-0.3, -0.25) is 9.59 Å². The average molecular weight is 1190 g/mol. The highest BCUT2D eigenvalue weighted by molar-refractivity contribution is 5.70. The summed E-state index contributed by atoms with van der Waals surface area (Å²) in [5, 5.41) is 11.8. The van der Waals surface area contributed by atoms with Gasteiger partial charge in [0.25, 0.3) is 0 Å². The largest absolute Gasteiger partial charge is 0.545 e. The Balaban J connectivity index is 4.03. The molecule has 0 bridgehead atoms. The van der Waals surface area contributed by atoms with Crippen molar-refractivity contribution in [3.8, 4) is 0 Å². The van der Waals surface area contributed by atoms with E-state index in [9.17, 15) is 19.5 Å². The first-order valence-electron chi connectivity index (χ1n) is 35.0. The topological polar surface area (TPSA) is 111 Å². The number of allylic oxidation sites excluding steroid dienone is 18. The summed E-state index contributed by atoms with van der Waals surface area (Å²) in [4.78, 5) is 37.5. The molecule has 0 saturated heterocycles. The Morgan fingerprint density at radius 3 is 0.941 bits per heavy atom. The van der Waals surface area contributed by atoms with Crippen molar-refractivity contribution in [2.24, 2.45) is 0 Å². The number of carbonyl (C=O) groups excluding carboxylic acids is 3.